The van der Waals surface area contributed by atoms with Gasteiger partial charge in [-0.1, -0.05) is 0 Å². The zero-order valence-electron chi connectivity index (χ0n) is 19.9. The van der Waals surface area contributed by atoms with Crippen LogP contribution in [0.25, 0.3) is 27.9 Å². The van der Waals surface area contributed by atoms with Crippen molar-refractivity contribution in [2.75, 3.05) is 20.2 Å². The van der Waals surface area contributed by atoms with Crippen molar-refractivity contribution < 1.29 is 13.9 Å². The summed E-state index contributed by atoms with van der Waals surface area (Å²) in [6, 6.07) is 7.49. The molecule has 9 heteroatoms. The van der Waals surface area contributed by atoms with Crippen LogP contribution < -0.4 is 10.5 Å². The molecule has 5 heterocycles. The summed E-state index contributed by atoms with van der Waals surface area (Å²) in [4.78, 5) is 19.4. The number of pyridine rings is 2. The number of halogens is 1. The number of nitrogens with zero attached hydrogens (tertiary/aromatic N) is 5. The normalized spacial score (nSPS) is 20.6. The van der Waals surface area contributed by atoms with E-state index in [1.165, 1.54) is 17.7 Å². The molecule has 2 fully saturated rings. The van der Waals surface area contributed by atoms with Gasteiger partial charge in [0.15, 0.2) is 0 Å². The fourth-order valence-corrected chi connectivity index (χ4v) is 5.25. The van der Waals surface area contributed by atoms with Crippen LogP contribution in [-0.2, 0) is 6.54 Å². The van der Waals surface area contributed by atoms with Crippen LogP contribution in [0.1, 0.15) is 35.2 Å². The van der Waals surface area contributed by atoms with Crippen molar-refractivity contribution in [2.24, 2.45) is 11.7 Å². The number of rotatable bonds is 5. The average molecular weight is 477 g/mol. The molecule has 0 radical (unpaired) electrons. The summed E-state index contributed by atoms with van der Waals surface area (Å²) in [7, 11) is 1.58. The molecule has 2 aliphatic rings. The highest BCUT2D eigenvalue weighted by Crippen LogP contribution is 2.38. The first-order valence-electron chi connectivity index (χ1n) is 12.1. The smallest absolute Gasteiger partial charge is 0.255 e. The number of alkyl halides is 1. The van der Waals surface area contributed by atoms with Gasteiger partial charge in [0.1, 0.15) is 28.8 Å². The van der Waals surface area contributed by atoms with Crippen LogP contribution in [0.5, 0.6) is 5.75 Å². The largest absolute Gasteiger partial charge is 0.494 e. The average Bonchev–Trinajstić information content (AvgIpc) is 3.51. The van der Waals surface area contributed by atoms with Crippen molar-refractivity contribution in [3.05, 3.63) is 47.8 Å². The Morgan fingerprint density at radius 1 is 1.29 bits per heavy atom. The molecule has 0 bridgehead atoms. The predicted octanol–water partition coefficient (Wildman–Crippen LogP) is 3.59. The Bertz CT molecular complexity index is 1430. The maximum Gasteiger partial charge on any atom is 0.255 e. The molecule has 1 saturated carbocycles. The van der Waals surface area contributed by atoms with E-state index < -0.39 is 6.17 Å². The number of fused-ring (bicyclic) bond motifs is 2. The lowest BCUT2D eigenvalue weighted by molar-refractivity contribution is 0.0606. The van der Waals surface area contributed by atoms with Gasteiger partial charge in [-0.3, -0.25) is 4.79 Å². The molecule has 6 rings (SSSR count). The summed E-state index contributed by atoms with van der Waals surface area (Å²) in [5.41, 5.74) is 10.9. The van der Waals surface area contributed by atoms with Gasteiger partial charge in [0.25, 0.3) is 5.91 Å². The molecule has 4 aromatic heterocycles. The second-order valence-electron chi connectivity index (χ2n) is 9.87. The molecule has 1 aliphatic heterocycles. The van der Waals surface area contributed by atoms with Crippen LogP contribution in [0.2, 0.25) is 0 Å². The van der Waals surface area contributed by atoms with E-state index in [0.29, 0.717) is 23.8 Å². The van der Waals surface area contributed by atoms with Crippen LogP contribution in [0.4, 0.5) is 4.39 Å². The first-order chi connectivity index (χ1) is 16.9. The molecule has 182 valence electrons. The van der Waals surface area contributed by atoms with E-state index in [-0.39, 0.29) is 24.9 Å². The molecule has 0 spiro atoms. The molecule has 0 unspecified atom stereocenters. The molecule has 1 saturated heterocycles. The van der Waals surface area contributed by atoms with Gasteiger partial charge in [-0.05, 0) is 56.4 Å². The third kappa shape index (κ3) is 3.83. The highest BCUT2D eigenvalue weighted by Gasteiger charge is 2.30. The number of carbonyl (C=O) groups is 1. The zero-order valence-corrected chi connectivity index (χ0v) is 19.9. The number of ether oxygens (including phenoxy) is 1. The standard InChI is InChI=1S/C26H29FN6O2/c1-15-23(21-8-17-4-3-7-29-25(17)32(21)11-16-5-6-16)30-33-12-18(9-22(35-2)24(15)33)26(34)31-13-19(27)10-20(28)14-31/h3-4,7-9,12,16,19-20H,5-6,10-11,13-14,28H2,1-2H3/t19-,20-/m1/s1. The predicted molar refractivity (Wildman–Crippen MR) is 131 cm³/mol. The van der Waals surface area contributed by atoms with E-state index in [9.17, 15) is 9.18 Å². The van der Waals surface area contributed by atoms with E-state index in [1.54, 1.807) is 23.9 Å². The van der Waals surface area contributed by atoms with Gasteiger partial charge in [-0.25, -0.2) is 13.9 Å². The summed E-state index contributed by atoms with van der Waals surface area (Å²) < 4.78 is 23.8. The topological polar surface area (TPSA) is 90.7 Å². The lowest BCUT2D eigenvalue weighted by Crippen LogP contribution is -2.50. The molecule has 1 aliphatic carbocycles. The summed E-state index contributed by atoms with van der Waals surface area (Å²) >= 11 is 0. The molecule has 1 amide bonds. The number of likely N-dealkylation sites (tertiary alicyclic amines) is 1. The van der Waals surface area contributed by atoms with Gasteiger partial charge in [0.05, 0.1) is 24.9 Å². The lowest BCUT2D eigenvalue weighted by atomic mass is 10.0. The number of carbonyl (C=O) groups excluding carboxylic acids is 1. The van der Waals surface area contributed by atoms with Gasteiger partial charge in [0, 0.05) is 42.5 Å². The number of hydrogen-bond acceptors (Lipinski definition) is 5. The molecule has 35 heavy (non-hydrogen) atoms. The minimum atomic E-state index is -1.12. The lowest BCUT2D eigenvalue weighted by Gasteiger charge is -2.33. The number of aromatic nitrogens is 4. The first-order valence-corrected chi connectivity index (χ1v) is 12.1. The van der Waals surface area contributed by atoms with Crippen LogP contribution >= 0.6 is 0 Å². The maximum atomic E-state index is 14.1. The number of piperidine rings is 1. The Kier molecular flexibility index (Phi) is 5.25. The minimum Gasteiger partial charge on any atom is -0.494 e. The quantitative estimate of drug-likeness (QED) is 0.475. The maximum absolute atomic E-state index is 14.1. The summed E-state index contributed by atoms with van der Waals surface area (Å²) in [5.74, 6) is 0.940. The molecule has 2 N–H and O–H groups in total. The van der Waals surface area contributed by atoms with Crippen LogP contribution in [0.3, 0.4) is 0 Å². The Morgan fingerprint density at radius 2 is 2.11 bits per heavy atom. The Balaban J connectivity index is 1.46. The highest BCUT2D eigenvalue weighted by molar-refractivity contribution is 5.96. The SMILES string of the molecule is COc1cc(C(=O)N2C[C@H](N)C[C@@H](F)C2)cn2nc(-c3cc4cccnc4n3CC3CC3)c(C)c12. The summed E-state index contributed by atoms with van der Waals surface area (Å²) in [5, 5.41) is 5.99. The fraction of sp³-hybridized carbons (Fsp3) is 0.423. The van der Waals surface area contributed by atoms with Crippen molar-refractivity contribution in [1.82, 2.24) is 24.1 Å². The van der Waals surface area contributed by atoms with Crippen molar-refractivity contribution in [2.45, 2.75) is 44.9 Å². The minimum absolute atomic E-state index is 0.0462. The summed E-state index contributed by atoms with van der Waals surface area (Å²) in [6.45, 7) is 3.30. The first kappa shape index (κ1) is 22.0. The van der Waals surface area contributed by atoms with Gasteiger partial charge in [0.2, 0.25) is 0 Å². The van der Waals surface area contributed by atoms with E-state index >= 15 is 0 Å². The van der Waals surface area contributed by atoms with E-state index in [1.807, 2.05) is 19.2 Å². The molecule has 0 aromatic carbocycles. The Hall–Kier alpha value is -3.46. The van der Waals surface area contributed by atoms with Crippen LogP contribution in [0.15, 0.2) is 36.7 Å². The van der Waals surface area contributed by atoms with Crippen LogP contribution in [-0.4, -0.2) is 62.4 Å². The number of hydrogen-bond donors (Lipinski definition) is 1. The molecule has 4 aromatic rings. The molecular weight excluding hydrogens is 447 g/mol. The number of amides is 1. The third-order valence-electron chi connectivity index (χ3n) is 7.15. The Labute approximate surface area is 202 Å². The van der Waals surface area contributed by atoms with Gasteiger partial charge < -0.3 is 19.9 Å². The van der Waals surface area contributed by atoms with E-state index in [0.717, 1.165) is 40.0 Å². The fourth-order valence-electron chi connectivity index (χ4n) is 5.25. The second-order valence-corrected chi connectivity index (χ2v) is 9.87. The van der Waals surface area contributed by atoms with Gasteiger partial charge in [-0.15, -0.1) is 0 Å². The van der Waals surface area contributed by atoms with Crippen molar-refractivity contribution in [3.63, 3.8) is 0 Å². The number of nitrogens with two attached hydrogens (primary N) is 1. The van der Waals surface area contributed by atoms with Gasteiger partial charge in [-0.2, -0.15) is 5.10 Å². The van der Waals surface area contributed by atoms with E-state index in [2.05, 4.69) is 21.7 Å². The van der Waals surface area contributed by atoms with Gasteiger partial charge >= 0.3 is 0 Å². The molecule has 2 atom stereocenters. The number of methoxy groups -OCH3 is 1. The summed E-state index contributed by atoms with van der Waals surface area (Å²) in [6.07, 6.45) is 5.15. The second kappa shape index (κ2) is 8.34. The highest BCUT2D eigenvalue weighted by atomic mass is 19.1. The third-order valence-corrected chi connectivity index (χ3v) is 7.15. The van der Waals surface area contributed by atoms with E-state index in [4.69, 9.17) is 15.6 Å². The van der Waals surface area contributed by atoms with Crippen molar-refractivity contribution in [1.29, 1.82) is 0 Å². The monoisotopic (exact) mass is 476 g/mol. The zero-order chi connectivity index (χ0) is 24.3. The van der Waals surface area contributed by atoms with Crippen molar-refractivity contribution >= 4 is 22.5 Å². The van der Waals surface area contributed by atoms with Crippen molar-refractivity contribution in [3.8, 4) is 17.1 Å². The van der Waals surface area contributed by atoms with Crippen LogP contribution in [0, 0.1) is 12.8 Å². The number of aryl methyl sites for hydroxylation is 1. The molecule has 8 nitrogen and oxygen atoms in total. The Morgan fingerprint density at radius 3 is 2.86 bits per heavy atom. The molecular formula is C26H29FN6O2.